The first-order valence-electron chi connectivity index (χ1n) is 6.66. The molecule has 114 valence electrons. The van der Waals surface area contributed by atoms with Gasteiger partial charge in [-0.1, -0.05) is 11.8 Å². The summed E-state index contributed by atoms with van der Waals surface area (Å²) >= 11 is 1.55. The number of carboxylic acid groups (broad SMARTS) is 1. The van der Waals surface area contributed by atoms with Gasteiger partial charge in [-0.15, -0.1) is 0 Å². The van der Waals surface area contributed by atoms with E-state index in [1.807, 2.05) is 12.1 Å². The zero-order valence-corrected chi connectivity index (χ0v) is 12.2. The van der Waals surface area contributed by atoms with Gasteiger partial charge in [0.1, 0.15) is 17.8 Å². The summed E-state index contributed by atoms with van der Waals surface area (Å²) in [6.07, 6.45) is 1.40. The van der Waals surface area contributed by atoms with Crippen LogP contribution in [0.2, 0.25) is 0 Å². The summed E-state index contributed by atoms with van der Waals surface area (Å²) in [5.41, 5.74) is 0.964. The van der Waals surface area contributed by atoms with E-state index >= 15 is 0 Å². The van der Waals surface area contributed by atoms with E-state index in [9.17, 15) is 14.7 Å². The van der Waals surface area contributed by atoms with Crippen LogP contribution in [0.1, 0.15) is 21.5 Å². The molecule has 2 aromatic rings. The summed E-state index contributed by atoms with van der Waals surface area (Å²) in [6.45, 7) is 0. The molecule has 2 heterocycles. The monoisotopic (exact) mass is 319 g/mol. The number of nitrogens with two attached hydrogens (primary N) is 1. The Bertz CT molecular complexity index is 668. The van der Waals surface area contributed by atoms with Crippen LogP contribution >= 0.6 is 11.8 Å². The van der Waals surface area contributed by atoms with E-state index < -0.39 is 18.0 Å². The molecule has 1 fully saturated rings. The molecule has 6 nitrogen and oxygen atoms in total. The highest BCUT2D eigenvalue weighted by Gasteiger charge is 2.30. The predicted octanol–water partition coefficient (Wildman–Crippen LogP) is -0.0739. The van der Waals surface area contributed by atoms with Gasteiger partial charge in [0.25, 0.3) is 0 Å². The van der Waals surface area contributed by atoms with Crippen molar-refractivity contribution < 1.29 is 29.2 Å². The van der Waals surface area contributed by atoms with E-state index in [0.717, 1.165) is 5.56 Å². The number of hydrogen-bond acceptors (Lipinski definition) is 6. The lowest BCUT2D eigenvalue weighted by Gasteiger charge is -2.11. The highest BCUT2D eigenvalue weighted by molar-refractivity contribution is 7.99. The Morgan fingerprint density at radius 3 is 2.64 bits per heavy atom. The third-order valence-corrected chi connectivity index (χ3v) is 4.65. The average molecular weight is 319 g/mol. The van der Waals surface area contributed by atoms with Crippen LogP contribution in [0.4, 0.5) is 0 Å². The Kier molecular flexibility index (Phi) is 4.17. The Balaban J connectivity index is 1.63. The molecule has 0 bridgehead atoms. The normalized spacial score (nSPS) is 20.7. The smallest absolute Gasteiger partial charge is 0.379 e. The maximum absolute atomic E-state index is 11.7. The van der Waals surface area contributed by atoms with Crippen molar-refractivity contribution in [1.29, 1.82) is 0 Å². The average Bonchev–Trinajstić information content (AvgIpc) is 3.20. The van der Waals surface area contributed by atoms with Crippen LogP contribution in [0.25, 0.3) is 0 Å². The zero-order valence-electron chi connectivity index (χ0n) is 11.4. The van der Waals surface area contributed by atoms with Crippen LogP contribution in [0.5, 0.6) is 5.75 Å². The SMILES string of the molecule is O=C(Oc1ccc([C@@H]2[NH2+][C@@H](C(=O)[O-])CS2)cc1)c1ccco1. The van der Waals surface area contributed by atoms with Gasteiger partial charge in [-0.25, -0.2) is 4.79 Å². The first-order chi connectivity index (χ1) is 10.6. The van der Waals surface area contributed by atoms with Crippen molar-refractivity contribution >= 4 is 23.7 Å². The molecule has 3 rings (SSSR count). The second-order valence-electron chi connectivity index (χ2n) is 4.81. The number of quaternary nitrogens is 1. The Hall–Kier alpha value is -2.25. The fraction of sp³-hybridized carbons (Fsp3) is 0.200. The van der Waals surface area contributed by atoms with Crippen LogP contribution in [0.15, 0.2) is 47.1 Å². The van der Waals surface area contributed by atoms with Crippen molar-refractivity contribution in [2.75, 3.05) is 5.75 Å². The summed E-state index contributed by atoms with van der Waals surface area (Å²) in [7, 11) is 0. The minimum Gasteiger partial charge on any atom is -0.544 e. The molecule has 0 spiro atoms. The third-order valence-electron chi connectivity index (χ3n) is 3.31. The van der Waals surface area contributed by atoms with Gasteiger partial charge in [0, 0.05) is 5.56 Å². The molecule has 1 aromatic carbocycles. The number of rotatable bonds is 4. The number of ether oxygens (including phenoxy) is 1. The van der Waals surface area contributed by atoms with Crippen LogP contribution in [-0.2, 0) is 4.79 Å². The number of furan rings is 1. The summed E-state index contributed by atoms with van der Waals surface area (Å²) in [5, 5.41) is 12.6. The maximum atomic E-state index is 11.7. The highest BCUT2D eigenvalue weighted by atomic mass is 32.2. The molecule has 7 heteroatoms. The number of thioether (sulfide) groups is 1. The predicted molar refractivity (Wildman–Crippen MR) is 76.0 cm³/mol. The second-order valence-corrected chi connectivity index (χ2v) is 5.98. The molecule has 22 heavy (non-hydrogen) atoms. The van der Waals surface area contributed by atoms with Gasteiger partial charge >= 0.3 is 5.97 Å². The Morgan fingerprint density at radius 2 is 2.05 bits per heavy atom. The molecule has 1 aliphatic rings. The maximum Gasteiger partial charge on any atom is 0.379 e. The lowest BCUT2D eigenvalue weighted by atomic mass is 10.2. The molecule has 2 atom stereocenters. The third kappa shape index (κ3) is 3.15. The van der Waals surface area contributed by atoms with E-state index in [-0.39, 0.29) is 11.1 Å². The van der Waals surface area contributed by atoms with Gasteiger partial charge in [-0.05, 0) is 36.4 Å². The number of aliphatic carboxylic acids is 1. The van der Waals surface area contributed by atoms with E-state index in [0.29, 0.717) is 11.5 Å². The molecule has 1 aromatic heterocycles. The first kappa shape index (κ1) is 14.7. The van der Waals surface area contributed by atoms with Crippen LogP contribution < -0.4 is 15.2 Å². The molecular formula is C15H13NO5S. The van der Waals surface area contributed by atoms with Crippen LogP contribution in [0.3, 0.4) is 0 Å². The van der Waals surface area contributed by atoms with E-state index in [2.05, 4.69) is 0 Å². The van der Waals surface area contributed by atoms with E-state index in [4.69, 9.17) is 9.15 Å². The minimum absolute atomic E-state index is 0.0118. The van der Waals surface area contributed by atoms with Crippen molar-refractivity contribution in [1.82, 2.24) is 0 Å². The van der Waals surface area contributed by atoms with Gasteiger partial charge in [-0.3, -0.25) is 0 Å². The van der Waals surface area contributed by atoms with Gasteiger partial charge in [0.2, 0.25) is 5.76 Å². The van der Waals surface area contributed by atoms with Gasteiger partial charge in [0.15, 0.2) is 5.37 Å². The number of carbonyl (C=O) groups excluding carboxylic acids is 2. The number of hydrogen-bond donors (Lipinski definition) is 1. The fourth-order valence-corrected chi connectivity index (χ4v) is 3.47. The van der Waals surface area contributed by atoms with Crippen molar-refractivity contribution in [3.63, 3.8) is 0 Å². The topological polar surface area (TPSA) is 96.2 Å². The number of carboxylic acids is 1. The number of carbonyl (C=O) groups is 2. The molecule has 0 radical (unpaired) electrons. The van der Waals surface area contributed by atoms with E-state index in [1.165, 1.54) is 12.3 Å². The van der Waals surface area contributed by atoms with Crippen LogP contribution in [-0.4, -0.2) is 23.7 Å². The standard InChI is InChI=1S/C15H13NO5S/c17-14(18)11-8-22-13(16-11)9-3-5-10(6-4-9)21-15(19)12-2-1-7-20-12/h1-7,11,13,16H,8H2,(H,17,18)/t11-,13-/m1/s1. The lowest BCUT2D eigenvalue weighted by molar-refractivity contribution is -0.690. The Labute approximate surface area is 130 Å². The summed E-state index contributed by atoms with van der Waals surface area (Å²) in [6, 6.07) is 9.61. The van der Waals surface area contributed by atoms with Crippen molar-refractivity contribution in [2.24, 2.45) is 0 Å². The Morgan fingerprint density at radius 1 is 1.27 bits per heavy atom. The van der Waals surface area contributed by atoms with E-state index in [1.54, 1.807) is 35.3 Å². The number of esters is 1. The summed E-state index contributed by atoms with van der Waals surface area (Å²) in [4.78, 5) is 22.6. The highest BCUT2D eigenvalue weighted by Crippen LogP contribution is 2.28. The fourth-order valence-electron chi connectivity index (χ4n) is 2.16. The van der Waals surface area contributed by atoms with Gasteiger partial charge < -0.3 is 24.4 Å². The molecular weight excluding hydrogens is 306 g/mol. The largest absolute Gasteiger partial charge is 0.544 e. The molecule has 1 saturated heterocycles. The summed E-state index contributed by atoms with van der Waals surface area (Å²) < 4.78 is 10.1. The second kappa shape index (κ2) is 6.25. The van der Waals surface area contributed by atoms with Crippen molar-refractivity contribution in [3.8, 4) is 5.75 Å². The molecule has 0 aliphatic carbocycles. The van der Waals surface area contributed by atoms with Crippen LogP contribution in [0, 0.1) is 0 Å². The molecule has 0 unspecified atom stereocenters. The minimum atomic E-state index is -1.04. The van der Waals surface area contributed by atoms with Gasteiger partial charge in [0.05, 0.1) is 12.0 Å². The van der Waals surface area contributed by atoms with Crippen molar-refractivity contribution in [3.05, 3.63) is 54.0 Å². The molecule has 0 amide bonds. The van der Waals surface area contributed by atoms with Gasteiger partial charge in [-0.2, -0.15) is 0 Å². The molecule has 1 aliphatic heterocycles. The first-order valence-corrected chi connectivity index (χ1v) is 7.71. The molecule has 0 saturated carbocycles. The zero-order chi connectivity index (χ0) is 15.5. The quantitative estimate of drug-likeness (QED) is 0.626. The number of benzene rings is 1. The van der Waals surface area contributed by atoms with Crippen molar-refractivity contribution in [2.45, 2.75) is 11.4 Å². The molecule has 2 N–H and O–H groups in total. The summed E-state index contributed by atoms with van der Waals surface area (Å²) in [5.74, 6) is -0.539. The lowest BCUT2D eigenvalue weighted by Crippen LogP contribution is -2.90.